The van der Waals surface area contributed by atoms with Crippen molar-refractivity contribution in [3.05, 3.63) is 41.7 Å². The number of anilines is 2. The Balaban J connectivity index is 1.98. The van der Waals surface area contributed by atoms with Crippen LogP contribution in [0.25, 0.3) is 0 Å². The minimum atomic E-state index is -0.306. The van der Waals surface area contributed by atoms with Crippen LogP contribution < -0.4 is 10.6 Å². The number of carbonyl (C=O) groups excluding carboxylic acids is 2. The third-order valence-corrected chi connectivity index (χ3v) is 4.63. The number of benzene rings is 1. The van der Waals surface area contributed by atoms with Gasteiger partial charge < -0.3 is 20.1 Å². The molecule has 0 saturated heterocycles. The van der Waals surface area contributed by atoms with E-state index < -0.39 is 0 Å². The van der Waals surface area contributed by atoms with E-state index >= 15 is 0 Å². The molecule has 7 nitrogen and oxygen atoms in total. The molecule has 2 rings (SSSR count). The van der Waals surface area contributed by atoms with Gasteiger partial charge in [0.1, 0.15) is 12.3 Å². The molecule has 0 aliphatic carbocycles. The molecular formula is C22H32N4O3. The van der Waals surface area contributed by atoms with Crippen LogP contribution in [0.1, 0.15) is 63.7 Å². The van der Waals surface area contributed by atoms with Gasteiger partial charge in [-0.15, -0.1) is 0 Å². The van der Waals surface area contributed by atoms with Crippen LogP contribution in [-0.2, 0) is 4.79 Å². The van der Waals surface area contributed by atoms with Crippen molar-refractivity contribution in [3.63, 3.8) is 0 Å². The monoisotopic (exact) mass is 400 g/mol. The maximum atomic E-state index is 12.8. The molecule has 0 saturated carbocycles. The summed E-state index contributed by atoms with van der Waals surface area (Å²) in [6.07, 6.45) is 4.09. The third-order valence-electron chi connectivity index (χ3n) is 4.63. The van der Waals surface area contributed by atoms with Gasteiger partial charge in [0.2, 0.25) is 5.91 Å². The number of carbonyl (C=O) groups is 2. The van der Waals surface area contributed by atoms with Crippen molar-refractivity contribution in [1.29, 1.82) is 0 Å². The lowest BCUT2D eigenvalue weighted by Gasteiger charge is -2.22. The molecule has 1 aromatic carbocycles. The molecule has 1 aromatic heterocycles. The van der Waals surface area contributed by atoms with Gasteiger partial charge in [-0.2, -0.15) is 0 Å². The standard InChI is InChI=1S/C22H32N4O3/c1-5-6-7-8-13-26(15-21(27)24-20-14-17(4)29-25-20)22(28)23-19-11-9-18(10-12-19)16(2)3/h9-12,14,16H,5-8,13,15H2,1-4H3,(H,23,28)(H,24,25,27). The van der Waals surface area contributed by atoms with E-state index in [0.717, 1.165) is 25.7 Å². The van der Waals surface area contributed by atoms with Gasteiger partial charge in [0.15, 0.2) is 5.82 Å². The van der Waals surface area contributed by atoms with Crippen molar-refractivity contribution >= 4 is 23.4 Å². The van der Waals surface area contributed by atoms with E-state index in [9.17, 15) is 9.59 Å². The molecule has 29 heavy (non-hydrogen) atoms. The highest BCUT2D eigenvalue weighted by atomic mass is 16.5. The van der Waals surface area contributed by atoms with Crippen LogP contribution >= 0.6 is 0 Å². The second-order valence-electron chi connectivity index (χ2n) is 7.56. The normalized spacial score (nSPS) is 10.8. The van der Waals surface area contributed by atoms with Crippen molar-refractivity contribution in [1.82, 2.24) is 10.1 Å². The fourth-order valence-corrected chi connectivity index (χ4v) is 2.92. The average Bonchev–Trinajstić information content (AvgIpc) is 3.09. The molecule has 0 aliphatic rings. The zero-order valence-electron chi connectivity index (χ0n) is 17.8. The Bertz CT molecular complexity index is 784. The van der Waals surface area contributed by atoms with Gasteiger partial charge in [-0.05, 0) is 37.0 Å². The first kappa shape index (κ1) is 22.5. The number of rotatable bonds is 10. The Hall–Kier alpha value is -2.83. The zero-order valence-corrected chi connectivity index (χ0v) is 17.8. The number of hydrogen-bond donors (Lipinski definition) is 2. The van der Waals surface area contributed by atoms with Crippen LogP contribution in [0.4, 0.5) is 16.3 Å². The van der Waals surface area contributed by atoms with Crippen LogP contribution in [0, 0.1) is 6.92 Å². The number of unbranched alkanes of at least 4 members (excludes halogenated alkanes) is 3. The van der Waals surface area contributed by atoms with Crippen molar-refractivity contribution in [3.8, 4) is 0 Å². The molecule has 1 heterocycles. The topological polar surface area (TPSA) is 87.5 Å². The number of amides is 3. The molecule has 0 unspecified atom stereocenters. The number of aromatic nitrogens is 1. The molecule has 0 atom stereocenters. The molecule has 2 aromatic rings. The van der Waals surface area contributed by atoms with Gasteiger partial charge >= 0.3 is 6.03 Å². The maximum absolute atomic E-state index is 12.8. The number of aryl methyl sites for hydroxylation is 1. The largest absolute Gasteiger partial charge is 0.360 e. The highest BCUT2D eigenvalue weighted by Gasteiger charge is 2.18. The highest BCUT2D eigenvalue weighted by Crippen LogP contribution is 2.17. The lowest BCUT2D eigenvalue weighted by Crippen LogP contribution is -2.41. The molecule has 0 fully saturated rings. The molecule has 0 bridgehead atoms. The Morgan fingerprint density at radius 3 is 2.41 bits per heavy atom. The second-order valence-corrected chi connectivity index (χ2v) is 7.56. The van der Waals surface area contributed by atoms with E-state index in [-0.39, 0.29) is 18.5 Å². The summed E-state index contributed by atoms with van der Waals surface area (Å²) in [6.45, 7) is 8.61. The molecule has 0 aliphatic heterocycles. The zero-order chi connectivity index (χ0) is 21.2. The van der Waals surface area contributed by atoms with Gasteiger partial charge in [-0.25, -0.2) is 4.79 Å². The number of urea groups is 1. The predicted molar refractivity (Wildman–Crippen MR) is 115 cm³/mol. The number of hydrogen-bond acceptors (Lipinski definition) is 4. The van der Waals surface area contributed by atoms with Crippen LogP contribution in [0.3, 0.4) is 0 Å². The SMILES string of the molecule is CCCCCCN(CC(=O)Nc1cc(C)on1)C(=O)Nc1ccc(C(C)C)cc1. The molecule has 0 radical (unpaired) electrons. The lowest BCUT2D eigenvalue weighted by molar-refractivity contribution is -0.116. The summed E-state index contributed by atoms with van der Waals surface area (Å²) in [5.74, 6) is 1.08. The molecule has 0 spiro atoms. The van der Waals surface area contributed by atoms with E-state index in [4.69, 9.17) is 4.52 Å². The fourth-order valence-electron chi connectivity index (χ4n) is 2.92. The summed E-state index contributed by atoms with van der Waals surface area (Å²) in [5.41, 5.74) is 1.92. The van der Waals surface area contributed by atoms with E-state index in [2.05, 4.69) is 36.6 Å². The molecule has 3 amide bonds. The first-order valence-electron chi connectivity index (χ1n) is 10.3. The van der Waals surface area contributed by atoms with E-state index in [1.165, 1.54) is 10.5 Å². The van der Waals surface area contributed by atoms with Crippen LogP contribution in [0.2, 0.25) is 0 Å². The molecular weight excluding hydrogens is 368 g/mol. The summed E-state index contributed by atoms with van der Waals surface area (Å²) in [4.78, 5) is 26.7. The molecule has 158 valence electrons. The minimum Gasteiger partial charge on any atom is -0.360 e. The summed E-state index contributed by atoms with van der Waals surface area (Å²) in [5, 5.41) is 9.32. The predicted octanol–water partition coefficient (Wildman–Crippen LogP) is 5.16. The van der Waals surface area contributed by atoms with Crippen molar-refractivity contribution in [2.75, 3.05) is 23.7 Å². The van der Waals surface area contributed by atoms with E-state index in [0.29, 0.717) is 29.7 Å². The lowest BCUT2D eigenvalue weighted by atomic mass is 10.0. The molecule has 2 N–H and O–H groups in total. The summed E-state index contributed by atoms with van der Waals surface area (Å²) in [6, 6.07) is 9.14. The first-order valence-corrected chi connectivity index (χ1v) is 10.3. The Labute approximate surface area is 172 Å². The minimum absolute atomic E-state index is 0.0477. The smallest absolute Gasteiger partial charge is 0.322 e. The van der Waals surface area contributed by atoms with Crippen molar-refractivity contribution < 1.29 is 14.1 Å². The van der Waals surface area contributed by atoms with Gasteiger partial charge in [0, 0.05) is 18.3 Å². The highest BCUT2D eigenvalue weighted by molar-refractivity contribution is 5.96. The van der Waals surface area contributed by atoms with Gasteiger partial charge in [0.25, 0.3) is 0 Å². The Morgan fingerprint density at radius 1 is 1.10 bits per heavy atom. The van der Waals surface area contributed by atoms with Crippen molar-refractivity contribution in [2.24, 2.45) is 0 Å². The average molecular weight is 401 g/mol. The Kier molecular flexibility index (Phi) is 8.70. The quantitative estimate of drug-likeness (QED) is 0.539. The van der Waals surface area contributed by atoms with E-state index in [1.807, 2.05) is 24.3 Å². The molecule has 7 heteroatoms. The fraction of sp³-hybridized carbons (Fsp3) is 0.500. The second kappa shape index (κ2) is 11.2. The first-order chi connectivity index (χ1) is 13.9. The van der Waals surface area contributed by atoms with Gasteiger partial charge in [0.05, 0.1) is 0 Å². The third kappa shape index (κ3) is 7.60. The summed E-state index contributed by atoms with van der Waals surface area (Å²) >= 11 is 0. The number of nitrogens with one attached hydrogen (secondary N) is 2. The van der Waals surface area contributed by atoms with Gasteiger partial charge in [-0.3, -0.25) is 4.79 Å². The van der Waals surface area contributed by atoms with Crippen molar-refractivity contribution in [2.45, 2.75) is 59.3 Å². The van der Waals surface area contributed by atoms with E-state index in [1.54, 1.807) is 13.0 Å². The van der Waals surface area contributed by atoms with Crippen LogP contribution in [-0.4, -0.2) is 35.1 Å². The summed E-state index contributed by atoms with van der Waals surface area (Å²) in [7, 11) is 0. The van der Waals surface area contributed by atoms with Gasteiger partial charge in [-0.1, -0.05) is 57.3 Å². The summed E-state index contributed by atoms with van der Waals surface area (Å²) < 4.78 is 4.96. The van der Waals surface area contributed by atoms with Crippen LogP contribution in [0.5, 0.6) is 0 Å². The maximum Gasteiger partial charge on any atom is 0.322 e. The number of nitrogens with zero attached hydrogens (tertiary/aromatic N) is 2. The van der Waals surface area contributed by atoms with Crippen LogP contribution in [0.15, 0.2) is 34.9 Å². The Morgan fingerprint density at radius 2 is 1.83 bits per heavy atom.